The van der Waals surface area contributed by atoms with Crippen LogP contribution in [0, 0.1) is 5.92 Å². The van der Waals surface area contributed by atoms with Crippen molar-refractivity contribution in [2.45, 2.75) is 19.4 Å². The second-order valence-electron chi connectivity index (χ2n) is 3.53. The van der Waals surface area contributed by atoms with Crippen LogP contribution < -0.4 is 10.9 Å². The number of pyridine rings is 1. The molecule has 70 valence electrons. The highest BCUT2D eigenvalue weighted by Crippen LogP contribution is 2.27. The summed E-state index contributed by atoms with van der Waals surface area (Å²) in [6.07, 6.45) is 6.42. The molecule has 0 atom stereocenters. The van der Waals surface area contributed by atoms with Gasteiger partial charge in [-0.05, 0) is 36.5 Å². The molecule has 0 spiro atoms. The molecule has 2 rings (SSSR count). The molecule has 0 amide bonds. The van der Waals surface area contributed by atoms with E-state index in [0.717, 1.165) is 19.0 Å². The summed E-state index contributed by atoms with van der Waals surface area (Å²) in [6.45, 7) is 1.97. The molecule has 1 heterocycles. The average Bonchev–Trinajstić information content (AvgIpc) is 2.98. The highest BCUT2D eigenvalue weighted by Gasteiger charge is 2.19. The second kappa shape index (κ2) is 4.35. The van der Waals surface area contributed by atoms with Crippen molar-refractivity contribution in [2.24, 2.45) is 5.92 Å². The molecule has 0 aliphatic heterocycles. The number of hydrogen-bond acceptors (Lipinski definition) is 3. The van der Waals surface area contributed by atoms with E-state index < -0.39 is 0 Å². The summed E-state index contributed by atoms with van der Waals surface area (Å²) >= 11 is 0. The van der Waals surface area contributed by atoms with Gasteiger partial charge in [0.25, 0.3) is 0 Å². The highest BCUT2D eigenvalue weighted by atomic mass is 15.3. The second-order valence-corrected chi connectivity index (χ2v) is 3.53. The Labute approximate surface area is 78.5 Å². The van der Waals surface area contributed by atoms with E-state index in [-0.39, 0.29) is 0 Å². The van der Waals surface area contributed by atoms with Gasteiger partial charge in [-0.1, -0.05) is 0 Å². The maximum absolute atomic E-state index is 3.96. The molecule has 13 heavy (non-hydrogen) atoms. The van der Waals surface area contributed by atoms with E-state index in [1.807, 2.05) is 24.5 Å². The largest absolute Gasteiger partial charge is 0.265 e. The van der Waals surface area contributed by atoms with E-state index in [2.05, 4.69) is 15.8 Å². The van der Waals surface area contributed by atoms with Crippen molar-refractivity contribution in [1.29, 1.82) is 0 Å². The SMILES string of the molecule is c1cc(CNNCC2CC2)ccn1. The number of aromatic nitrogens is 1. The first-order valence-corrected chi connectivity index (χ1v) is 4.80. The Morgan fingerprint density at radius 1 is 1.23 bits per heavy atom. The Balaban J connectivity index is 1.61. The predicted molar refractivity (Wildman–Crippen MR) is 51.8 cm³/mol. The van der Waals surface area contributed by atoms with E-state index in [0.29, 0.717) is 0 Å². The molecule has 1 saturated carbocycles. The number of nitrogens with zero attached hydrogens (tertiary/aromatic N) is 1. The lowest BCUT2D eigenvalue weighted by atomic mass is 10.3. The number of nitrogens with one attached hydrogen (secondary N) is 2. The normalized spacial score (nSPS) is 16.0. The van der Waals surface area contributed by atoms with Crippen LogP contribution in [0.3, 0.4) is 0 Å². The van der Waals surface area contributed by atoms with Crippen LogP contribution in [0.1, 0.15) is 18.4 Å². The lowest BCUT2D eigenvalue weighted by Crippen LogP contribution is -2.32. The van der Waals surface area contributed by atoms with Crippen LogP contribution >= 0.6 is 0 Å². The third-order valence-corrected chi connectivity index (χ3v) is 2.25. The van der Waals surface area contributed by atoms with Crippen LogP contribution in [0.2, 0.25) is 0 Å². The molecule has 0 bridgehead atoms. The molecule has 0 radical (unpaired) electrons. The lowest BCUT2D eigenvalue weighted by Gasteiger charge is -2.05. The molecule has 1 aromatic heterocycles. The quantitative estimate of drug-likeness (QED) is 0.522. The van der Waals surface area contributed by atoms with Gasteiger partial charge in [0.15, 0.2) is 0 Å². The summed E-state index contributed by atoms with van der Waals surface area (Å²) < 4.78 is 0. The maximum Gasteiger partial charge on any atom is 0.0352 e. The minimum atomic E-state index is 0.870. The van der Waals surface area contributed by atoms with Crippen molar-refractivity contribution in [3.05, 3.63) is 30.1 Å². The number of rotatable bonds is 5. The molecule has 3 nitrogen and oxygen atoms in total. The molecule has 0 unspecified atom stereocenters. The zero-order chi connectivity index (χ0) is 8.93. The van der Waals surface area contributed by atoms with Gasteiger partial charge >= 0.3 is 0 Å². The topological polar surface area (TPSA) is 37.0 Å². The Morgan fingerprint density at radius 2 is 2.00 bits per heavy atom. The maximum atomic E-state index is 3.96. The zero-order valence-electron chi connectivity index (χ0n) is 7.66. The molecule has 0 saturated heterocycles. The molecule has 1 fully saturated rings. The van der Waals surface area contributed by atoms with E-state index in [1.165, 1.54) is 18.4 Å². The Bertz CT molecular complexity index is 244. The van der Waals surface area contributed by atoms with Crippen molar-refractivity contribution in [3.8, 4) is 0 Å². The summed E-state index contributed by atoms with van der Waals surface area (Å²) in [6, 6.07) is 4.04. The Hall–Kier alpha value is -0.930. The fourth-order valence-electron chi connectivity index (χ4n) is 1.20. The van der Waals surface area contributed by atoms with Gasteiger partial charge < -0.3 is 0 Å². The van der Waals surface area contributed by atoms with E-state index >= 15 is 0 Å². The third kappa shape index (κ3) is 3.13. The summed E-state index contributed by atoms with van der Waals surface area (Å²) in [5.41, 5.74) is 7.68. The number of hydrazine groups is 1. The summed E-state index contributed by atoms with van der Waals surface area (Å²) in [7, 11) is 0. The zero-order valence-corrected chi connectivity index (χ0v) is 7.66. The molecule has 1 aliphatic rings. The third-order valence-electron chi connectivity index (χ3n) is 2.25. The monoisotopic (exact) mass is 177 g/mol. The summed E-state index contributed by atoms with van der Waals surface area (Å²) in [4.78, 5) is 3.96. The first-order chi connectivity index (χ1) is 6.45. The van der Waals surface area contributed by atoms with Gasteiger partial charge in [-0.25, -0.2) is 0 Å². The molecule has 2 N–H and O–H groups in total. The van der Waals surface area contributed by atoms with Crippen LogP contribution in [-0.4, -0.2) is 11.5 Å². The molecule has 3 heteroatoms. The molecule has 1 aliphatic carbocycles. The van der Waals surface area contributed by atoms with Gasteiger partial charge in [0.05, 0.1) is 0 Å². The smallest absolute Gasteiger partial charge is 0.0352 e. The van der Waals surface area contributed by atoms with Crippen LogP contribution in [-0.2, 0) is 6.54 Å². The van der Waals surface area contributed by atoms with Gasteiger partial charge in [-0.2, -0.15) is 0 Å². The van der Waals surface area contributed by atoms with Crippen molar-refractivity contribution in [1.82, 2.24) is 15.8 Å². The van der Waals surface area contributed by atoms with Gasteiger partial charge in [0.1, 0.15) is 0 Å². The van der Waals surface area contributed by atoms with Gasteiger partial charge in [0, 0.05) is 25.5 Å². The Kier molecular flexibility index (Phi) is 2.90. The number of hydrogen-bond donors (Lipinski definition) is 2. The first kappa shape index (κ1) is 8.66. The van der Waals surface area contributed by atoms with Crippen LogP contribution in [0.15, 0.2) is 24.5 Å². The fraction of sp³-hybridized carbons (Fsp3) is 0.500. The fourth-order valence-corrected chi connectivity index (χ4v) is 1.20. The first-order valence-electron chi connectivity index (χ1n) is 4.80. The van der Waals surface area contributed by atoms with Crippen LogP contribution in [0.4, 0.5) is 0 Å². The van der Waals surface area contributed by atoms with Crippen LogP contribution in [0.25, 0.3) is 0 Å². The van der Waals surface area contributed by atoms with Gasteiger partial charge in [-0.15, -0.1) is 0 Å². The van der Waals surface area contributed by atoms with Gasteiger partial charge in [0.2, 0.25) is 0 Å². The van der Waals surface area contributed by atoms with Crippen LogP contribution in [0.5, 0.6) is 0 Å². The minimum Gasteiger partial charge on any atom is -0.265 e. The van der Waals surface area contributed by atoms with Crippen molar-refractivity contribution in [3.63, 3.8) is 0 Å². The van der Waals surface area contributed by atoms with Crippen molar-refractivity contribution in [2.75, 3.05) is 6.54 Å². The summed E-state index contributed by atoms with van der Waals surface area (Å²) in [5.74, 6) is 0.921. The molecular weight excluding hydrogens is 162 g/mol. The summed E-state index contributed by atoms with van der Waals surface area (Å²) in [5, 5.41) is 0. The van der Waals surface area contributed by atoms with Gasteiger partial charge in [-0.3, -0.25) is 15.8 Å². The van der Waals surface area contributed by atoms with E-state index in [1.54, 1.807) is 0 Å². The average molecular weight is 177 g/mol. The molecule has 0 aromatic carbocycles. The van der Waals surface area contributed by atoms with E-state index in [9.17, 15) is 0 Å². The minimum absolute atomic E-state index is 0.870. The molecule has 1 aromatic rings. The molecular formula is C10H15N3. The van der Waals surface area contributed by atoms with E-state index in [4.69, 9.17) is 0 Å². The predicted octanol–water partition coefficient (Wildman–Crippen LogP) is 1.09. The van der Waals surface area contributed by atoms with Crippen molar-refractivity contribution >= 4 is 0 Å². The van der Waals surface area contributed by atoms with Crippen molar-refractivity contribution < 1.29 is 0 Å². The highest BCUT2D eigenvalue weighted by molar-refractivity contribution is 5.08. The standard InChI is InChI=1S/C10H15N3/c1-2-9(1)7-12-13-8-10-3-5-11-6-4-10/h3-6,9,12-13H,1-2,7-8H2. The lowest BCUT2D eigenvalue weighted by molar-refractivity contribution is 0.510. The Morgan fingerprint density at radius 3 is 2.69 bits per heavy atom.